The summed E-state index contributed by atoms with van der Waals surface area (Å²) in [7, 11) is -1.33. The molecule has 0 aromatic heterocycles. The number of benzene rings is 1. The molecule has 1 fully saturated rings. The molecule has 1 heterocycles. The second-order valence-corrected chi connectivity index (χ2v) is 6.69. The van der Waals surface area contributed by atoms with Gasteiger partial charge in [0.05, 0.1) is 30.0 Å². The molecule has 1 aromatic carbocycles. The fourth-order valence-corrected chi connectivity index (χ4v) is 3.44. The first-order chi connectivity index (χ1) is 8.53. The summed E-state index contributed by atoms with van der Waals surface area (Å²) in [5.41, 5.74) is 7.45. The van der Waals surface area contributed by atoms with Crippen molar-refractivity contribution in [2.45, 2.75) is 6.42 Å². The number of hydrogen-bond donors (Lipinski definition) is 1. The van der Waals surface area contributed by atoms with Crippen LogP contribution >= 0.6 is 0 Å². The van der Waals surface area contributed by atoms with Gasteiger partial charge in [0.2, 0.25) is 0 Å². The molecule has 1 aliphatic heterocycles. The van der Waals surface area contributed by atoms with E-state index in [0.29, 0.717) is 30.9 Å². The molecule has 0 aliphatic carbocycles. The minimum absolute atomic E-state index is 0.184. The summed E-state index contributed by atoms with van der Waals surface area (Å²) in [4.78, 5) is 2.02. The highest BCUT2D eigenvalue weighted by Crippen LogP contribution is 2.32. The lowest BCUT2D eigenvalue weighted by Crippen LogP contribution is -2.27. The zero-order valence-corrected chi connectivity index (χ0v) is 11.2. The molecule has 5 nitrogen and oxygen atoms in total. The van der Waals surface area contributed by atoms with Crippen LogP contribution in [0.2, 0.25) is 0 Å². The molecular formula is C12H18N2O3S. The fourth-order valence-electron chi connectivity index (χ4n) is 2.17. The molecule has 100 valence electrons. The molecule has 0 bridgehead atoms. The third-order valence-electron chi connectivity index (χ3n) is 3.16. The Bertz CT molecular complexity index is 528. The van der Waals surface area contributed by atoms with Crippen LogP contribution in [0.3, 0.4) is 0 Å². The van der Waals surface area contributed by atoms with Crippen molar-refractivity contribution in [3.8, 4) is 5.75 Å². The maximum atomic E-state index is 11.6. The Morgan fingerprint density at radius 2 is 2.06 bits per heavy atom. The van der Waals surface area contributed by atoms with E-state index < -0.39 is 9.84 Å². The predicted molar refractivity (Wildman–Crippen MR) is 72.9 cm³/mol. The highest BCUT2D eigenvalue weighted by atomic mass is 32.2. The van der Waals surface area contributed by atoms with Crippen molar-refractivity contribution in [3.63, 3.8) is 0 Å². The van der Waals surface area contributed by atoms with Crippen LogP contribution in [0, 0.1) is 0 Å². The Hall–Kier alpha value is -1.43. The Morgan fingerprint density at radius 1 is 1.28 bits per heavy atom. The molecule has 0 unspecified atom stereocenters. The molecule has 2 N–H and O–H groups in total. The van der Waals surface area contributed by atoms with Gasteiger partial charge in [0, 0.05) is 13.1 Å². The predicted octanol–water partition coefficient (Wildman–Crippen LogP) is 0.902. The van der Waals surface area contributed by atoms with Gasteiger partial charge in [0.25, 0.3) is 0 Å². The Balaban J connectivity index is 2.26. The molecule has 0 atom stereocenters. The van der Waals surface area contributed by atoms with Gasteiger partial charge in [-0.3, -0.25) is 0 Å². The average molecular weight is 270 g/mol. The van der Waals surface area contributed by atoms with Crippen LogP contribution in [0.1, 0.15) is 6.42 Å². The molecule has 18 heavy (non-hydrogen) atoms. The molecule has 0 spiro atoms. The number of hydrogen-bond acceptors (Lipinski definition) is 5. The normalized spacial score (nSPS) is 19.3. The van der Waals surface area contributed by atoms with Gasteiger partial charge in [-0.1, -0.05) is 6.07 Å². The van der Waals surface area contributed by atoms with Crippen molar-refractivity contribution in [1.82, 2.24) is 0 Å². The van der Waals surface area contributed by atoms with E-state index in [1.807, 2.05) is 17.0 Å². The van der Waals surface area contributed by atoms with Crippen molar-refractivity contribution < 1.29 is 13.2 Å². The lowest BCUT2D eigenvalue weighted by Gasteiger charge is -2.24. The number of nitrogens with two attached hydrogens (primary N) is 1. The summed E-state index contributed by atoms with van der Waals surface area (Å²) < 4.78 is 28.3. The van der Waals surface area contributed by atoms with Gasteiger partial charge in [0.1, 0.15) is 5.75 Å². The first kappa shape index (κ1) is 13.0. The third-order valence-corrected chi connectivity index (χ3v) is 4.87. The third kappa shape index (κ3) is 2.69. The molecule has 1 aromatic rings. The number of anilines is 2. The zero-order valence-electron chi connectivity index (χ0n) is 10.4. The number of para-hydroxylation sites is 1. The summed E-state index contributed by atoms with van der Waals surface area (Å²) in [6.45, 7) is 1.19. The first-order valence-electron chi connectivity index (χ1n) is 5.91. The highest BCUT2D eigenvalue weighted by Gasteiger charge is 2.21. The molecule has 0 saturated carbocycles. The van der Waals surface area contributed by atoms with Crippen molar-refractivity contribution in [2.75, 3.05) is 42.3 Å². The van der Waals surface area contributed by atoms with E-state index in [0.717, 1.165) is 5.69 Å². The van der Waals surface area contributed by atoms with E-state index in [4.69, 9.17) is 10.5 Å². The topological polar surface area (TPSA) is 72.6 Å². The van der Waals surface area contributed by atoms with Crippen LogP contribution in [-0.2, 0) is 9.84 Å². The molecule has 1 aliphatic rings. The van der Waals surface area contributed by atoms with E-state index >= 15 is 0 Å². The van der Waals surface area contributed by atoms with Crippen LogP contribution in [0.5, 0.6) is 5.75 Å². The van der Waals surface area contributed by atoms with Crippen molar-refractivity contribution in [2.24, 2.45) is 0 Å². The van der Waals surface area contributed by atoms with E-state index in [9.17, 15) is 8.42 Å². The van der Waals surface area contributed by atoms with Crippen molar-refractivity contribution >= 4 is 21.2 Å². The smallest absolute Gasteiger partial charge is 0.152 e. The summed E-state index contributed by atoms with van der Waals surface area (Å²) in [6, 6.07) is 5.56. The van der Waals surface area contributed by atoms with E-state index in [2.05, 4.69) is 0 Å². The van der Waals surface area contributed by atoms with Crippen LogP contribution in [-0.4, -0.2) is 40.1 Å². The molecule has 6 heteroatoms. The fraction of sp³-hybridized carbons (Fsp3) is 0.500. The van der Waals surface area contributed by atoms with Gasteiger partial charge in [-0.2, -0.15) is 0 Å². The summed E-state index contributed by atoms with van der Waals surface area (Å²) >= 11 is 0. The zero-order chi connectivity index (χ0) is 13.2. The number of methoxy groups -OCH3 is 1. The molecule has 2 rings (SSSR count). The largest absolute Gasteiger partial charge is 0.495 e. The second kappa shape index (κ2) is 5.06. The standard InChI is InChI=1S/C12H18N2O3S/c1-17-11-5-2-4-10(12(11)13)14-6-3-8-18(15,16)9-7-14/h2,4-5H,3,6-9,13H2,1H3. The maximum absolute atomic E-state index is 11.6. The van der Waals surface area contributed by atoms with Gasteiger partial charge in [-0.15, -0.1) is 0 Å². The van der Waals surface area contributed by atoms with E-state index in [-0.39, 0.29) is 11.5 Å². The quantitative estimate of drug-likeness (QED) is 0.808. The summed E-state index contributed by atoms with van der Waals surface area (Å²) in [6.07, 6.45) is 0.638. The number of nitrogens with zero attached hydrogens (tertiary/aromatic N) is 1. The van der Waals surface area contributed by atoms with Crippen molar-refractivity contribution in [3.05, 3.63) is 18.2 Å². The van der Waals surface area contributed by atoms with Gasteiger partial charge in [-0.05, 0) is 18.6 Å². The number of rotatable bonds is 2. The minimum atomic E-state index is -2.90. The van der Waals surface area contributed by atoms with Gasteiger partial charge in [0.15, 0.2) is 9.84 Å². The van der Waals surface area contributed by atoms with Crippen LogP contribution in [0.4, 0.5) is 11.4 Å². The van der Waals surface area contributed by atoms with Crippen molar-refractivity contribution in [1.29, 1.82) is 0 Å². The van der Waals surface area contributed by atoms with Gasteiger partial charge >= 0.3 is 0 Å². The SMILES string of the molecule is COc1cccc(N2CCCS(=O)(=O)CC2)c1N. The molecule has 0 radical (unpaired) electrons. The first-order valence-corrected chi connectivity index (χ1v) is 7.73. The van der Waals surface area contributed by atoms with E-state index in [1.165, 1.54) is 0 Å². The Morgan fingerprint density at radius 3 is 2.78 bits per heavy atom. The molecule has 1 saturated heterocycles. The number of ether oxygens (including phenoxy) is 1. The van der Waals surface area contributed by atoms with Crippen LogP contribution in [0.15, 0.2) is 18.2 Å². The summed E-state index contributed by atoms with van der Waals surface area (Å²) in [5, 5.41) is 0. The second-order valence-electron chi connectivity index (χ2n) is 4.39. The Labute approximate surface area is 107 Å². The lowest BCUT2D eigenvalue weighted by molar-refractivity contribution is 0.417. The average Bonchev–Trinajstić information content (AvgIpc) is 2.51. The highest BCUT2D eigenvalue weighted by molar-refractivity contribution is 7.91. The summed E-state index contributed by atoms with van der Waals surface area (Å²) in [5.74, 6) is 1.07. The number of nitrogen functional groups attached to an aromatic ring is 1. The number of sulfone groups is 1. The Kier molecular flexibility index (Phi) is 3.65. The van der Waals surface area contributed by atoms with Crippen LogP contribution < -0.4 is 15.4 Å². The van der Waals surface area contributed by atoms with Gasteiger partial charge in [-0.25, -0.2) is 8.42 Å². The van der Waals surface area contributed by atoms with Gasteiger partial charge < -0.3 is 15.4 Å². The molecule has 0 amide bonds. The lowest BCUT2D eigenvalue weighted by atomic mass is 10.2. The molecular weight excluding hydrogens is 252 g/mol. The monoisotopic (exact) mass is 270 g/mol. The minimum Gasteiger partial charge on any atom is -0.495 e. The van der Waals surface area contributed by atoms with E-state index in [1.54, 1.807) is 13.2 Å². The maximum Gasteiger partial charge on any atom is 0.152 e. The van der Waals surface area contributed by atoms with Crippen LogP contribution in [0.25, 0.3) is 0 Å².